The monoisotopic (exact) mass is 375 g/mol. The van der Waals surface area contributed by atoms with Crippen LogP contribution in [0.15, 0.2) is 9.98 Å². The predicted molar refractivity (Wildman–Crippen MR) is 57.2 cm³/mol. The molecule has 0 spiro atoms. The fraction of sp³-hybridized carbons (Fsp3) is 0.500. The maximum atomic E-state index is 11.0. The summed E-state index contributed by atoms with van der Waals surface area (Å²) in [6.45, 7) is -0.588. The van der Waals surface area contributed by atoms with Gasteiger partial charge in [0.15, 0.2) is 0 Å². The van der Waals surface area contributed by atoms with Gasteiger partial charge in [0.1, 0.15) is 5.97 Å². The summed E-state index contributed by atoms with van der Waals surface area (Å²) in [4.78, 5) is 27.2. The Morgan fingerprint density at radius 2 is 1.68 bits per heavy atom. The maximum absolute atomic E-state index is 11.0. The summed E-state index contributed by atoms with van der Waals surface area (Å²) in [5, 5.41) is 33.5. The quantitative estimate of drug-likeness (QED) is 0.156. The van der Waals surface area contributed by atoms with Gasteiger partial charge in [-0.15, -0.1) is 0 Å². The van der Waals surface area contributed by atoms with Crippen molar-refractivity contribution in [2.24, 2.45) is 9.98 Å². The average Bonchev–Trinajstić information content (AvgIpc) is 2.42. The fourth-order valence-corrected chi connectivity index (χ4v) is 0.778. The molecule has 0 aromatic rings. The molecule has 0 aromatic heterocycles. The average molecular weight is 375 g/mol. The van der Waals surface area contributed by atoms with Crippen LogP contribution in [0.3, 0.4) is 0 Å². The number of nitrogens with zero attached hydrogens (tertiary/aromatic N) is 2. The van der Waals surface area contributed by atoms with Crippen molar-refractivity contribution in [3.63, 3.8) is 0 Å². The van der Waals surface area contributed by atoms with E-state index in [0.717, 1.165) is 18.9 Å². The second-order valence-corrected chi connectivity index (χ2v) is 3.00. The van der Waals surface area contributed by atoms with E-state index in [-0.39, 0.29) is 25.4 Å². The van der Waals surface area contributed by atoms with Gasteiger partial charge in [-0.3, -0.25) is 9.79 Å². The zero-order chi connectivity index (χ0) is 15.3. The molecule has 1 amide bonds. The first-order chi connectivity index (χ1) is 8.97. The van der Waals surface area contributed by atoms with Crippen LogP contribution >= 0.6 is 12.6 Å². The Morgan fingerprint density at radius 1 is 1.11 bits per heavy atom. The number of hydrogen-bond acceptors (Lipinski definition) is 9. The predicted octanol–water partition coefficient (Wildman–Crippen LogP) is -4.82. The Kier molecular flexibility index (Phi) is 13.8. The molecule has 0 aliphatic rings. The van der Waals surface area contributed by atoms with Crippen molar-refractivity contribution in [2.45, 2.75) is 0 Å². The van der Waals surface area contributed by atoms with Gasteiger partial charge in [-0.1, -0.05) is 0 Å². The number of carboxylic acid groups (broad SMARTS) is 1. The molecule has 0 atom stereocenters. The summed E-state index contributed by atoms with van der Waals surface area (Å²) in [5.74, 6) is -4.38. The van der Waals surface area contributed by atoms with Crippen LogP contribution in [-0.2, 0) is 31.9 Å². The Bertz CT molecular complexity index is 362. The van der Waals surface area contributed by atoms with Crippen molar-refractivity contribution in [3.05, 3.63) is 0 Å². The molecule has 19 heavy (non-hydrogen) atoms. The van der Waals surface area contributed by atoms with Crippen LogP contribution in [0.4, 0.5) is 0 Å². The molecule has 0 saturated carbocycles. The number of aliphatic imine (C=N–C) groups is 2. The van der Waals surface area contributed by atoms with E-state index < -0.39 is 23.7 Å². The third-order valence-corrected chi connectivity index (χ3v) is 1.67. The Labute approximate surface area is 124 Å². The zero-order valence-corrected chi connectivity index (χ0v) is 12.3. The van der Waals surface area contributed by atoms with Crippen LogP contribution in [0.2, 0.25) is 0 Å². The third kappa shape index (κ3) is 12.9. The third-order valence-electron chi connectivity index (χ3n) is 1.40. The Balaban J connectivity index is 0. The van der Waals surface area contributed by atoms with E-state index in [1.165, 1.54) is 0 Å². The van der Waals surface area contributed by atoms with Crippen molar-refractivity contribution in [3.8, 4) is 0 Å². The number of carbonyl (C=O) groups excluding carboxylic acids is 2. The summed E-state index contributed by atoms with van der Waals surface area (Å²) >= 11 is 4.55. The van der Waals surface area contributed by atoms with E-state index >= 15 is 0 Å². The van der Waals surface area contributed by atoms with Gasteiger partial charge in [-0.25, -0.2) is 0 Å². The molecule has 9 nitrogen and oxygen atoms in total. The molecule has 0 aliphatic carbocycles. The number of aliphatic carboxylic acids is 1. The normalized spacial score (nSPS) is 11.2. The van der Waals surface area contributed by atoms with Crippen molar-refractivity contribution >= 4 is 36.3 Å². The van der Waals surface area contributed by atoms with Crippen molar-refractivity contribution in [1.82, 2.24) is 5.32 Å². The number of thiol groups is 1. The van der Waals surface area contributed by atoms with Gasteiger partial charge >= 0.3 is 22.4 Å². The Morgan fingerprint density at radius 3 is 2.16 bits per heavy atom. The molecule has 0 aromatic carbocycles. The minimum absolute atomic E-state index is 0.0883. The van der Waals surface area contributed by atoms with E-state index in [1.54, 1.807) is 0 Å². The van der Waals surface area contributed by atoms with Crippen molar-refractivity contribution in [2.75, 3.05) is 25.4 Å². The van der Waals surface area contributed by atoms with Gasteiger partial charge in [0, 0.05) is 12.3 Å². The molecule has 0 heterocycles. The molecule has 106 valence electrons. The van der Waals surface area contributed by atoms with E-state index in [2.05, 4.69) is 22.6 Å². The van der Waals surface area contributed by atoms with E-state index in [9.17, 15) is 24.9 Å². The molecule has 0 aliphatic heterocycles. The molecule has 0 fully saturated rings. The number of carbonyl (C=O) groups is 2. The SMILES string of the molecule is O=C([O-])C(=O)NCCN=C([O-])CN=C([O-])CS.[O]=[99Tc+3]. The first-order valence-corrected chi connectivity index (χ1v) is 6.02. The zero-order valence-electron chi connectivity index (χ0n) is 9.50. The molecule has 11 heteroatoms. The summed E-state index contributed by atoms with van der Waals surface area (Å²) in [6, 6.07) is 0. The van der Waals surface area contributed by atoms with Gasteiger partial charge in [-0.05, 0) is 11.8 Å². The van der Waals surface area contributed by atoms with Gasteiger partial charge in [0.2, 0.25) is 0 Å². The first kappa shape index (κ1) is 20.0. The summed E-state index contributed by atoms with van der Waals surface area (Å²) in [6.07, 6.45) is 0. The van der Waals surface area contributed by atoms with Crippen LogP contribution < -0.4 is 20.6 Å². The number of nitrogens with one attached hydrogen (secondary N) is 1. The van der Waals surface area contributed by atoms with Gasteiger partial charge < -0.3 is 30.4 Å². The molecule has 0 saturated heterocycles. The molecule has 0 bridgehead atoms. The number of amides is 1. The van der Waals surface area contributed by atoms with Crippen LogP contribution in [0, 0.1) is 0 Å². The number of hydrogen-bond donors (Lipinski definition) is 2. The van der Waals surface area contributed by atoms with Gasteiger partial charge in [0.05, 0.1) is 13.1 Å². The van der Waals surface area contributed by atoms with Crippen LogP contribution in [-0.4, -0.2) is 49.1 Å². The van der Waals surface area contributed by atoms with Crippen LogP contribution in [0.1, 0.15) is 0 Å². The first-order valence-electron chi connectivity index (χ1n) is 4.63. The van der Waals surface area contributed by atoms with E-state index in [0.29, 0.717) is 0 Å². The second kappa shape index (κ2) is 13.1. The molecule has 0 unspecified atom stereocenters. The molecule has 0 radical (unpaired) electrons. The number of carboxylic acids is 1. The van der Waals surface area contributed by atoms with E-state index in [1.807, 2.05) is 5.32 Å². The molecular weight excluding hydrogens is 365 g/mol. The van der Waals surface area contributed by atoms with E-state index in [4.69, 9.17) is 3.50 Å². The standard InChI is InChI=1S/C8H13N3O5S.O.Tc/c12-5(3-11-6(13)4-17)9-1-2-10-7(14)8(15)16;;/h17H,1-4H2,(H,9,12)(H,10,14)(H,11,13)(H,15,16);;/q;;+3/p-3/i;;1+1. The molecule has 0 rings (SSSR count). The van der Waals surface area contributed by atoms with Crippen LogP contribution in [0.25, 0.3) is 0 Å². The van der Waals surface area contributed by atoms with Gasteiger partial charge in [-0.2, -0.15) is 12.6 Å². The van der Waals surface area contributed by atoms with Crippen molar-refractivity contribution in [1.29, 1.82) is 0 Å². The summed E-state index contributed by atoms with van der Waals surface area (Å²) in [7, 11) is 0. The minimum atomic E-state index is -1.86. The second-order valence-electron chi connectivity index (χ2n) is 2.69. The topological polar surface area (TPSA) is 157 Å². The molecule has 1 N–H and O–H groups in total. The fourth-order valence-electron chi connectivity index (χ4n) is 0.678. The van der Waals surface area contributed by atoms with Gasteiger partial charge in [0.25, 0.3) is 5.91 Å². The van der Waals surface area contributed by atoms with Crippen LogP contribution in [0.5, 0.6) is 0 Å². The van der Waals surface area contributed by atoms with Crippen molar-refractivity contribution < 1.29 is 47.3 Å². The molecular formula is C8H10N3O6STc. The Hall–Kier alpha value is -1.32. The summed E-state index contributed by atoms with van der Waals surface area (Å²) < 4.78 is 8.22. The summed E-state index contributed by atoms with van der Waals surface area (Å²) in [5.41, 5.74) is 0. The number of rotatable bonds is 6.